The molecule has 1 aromatic rings. The van der Waals surface area contributed by atoms with Crippen molar-refractivity contribution in [1.29, 1.82) is 0 Å². The van der Waals surface area contributed by atoms with E-state index in [1.807, 2.05) is 6.92 Å². The predicted octanol–water partition coefficient (Wildman–Crippen LogP) is 5.69. The van der Waals surface area contributed by atoms with Crippen LogP contribution in [-0.2, 0) is 0 Å². The first-order valence-corrected chi connectivity index (χ1v) is 8.49. The third kappa shape index (κ3) is 6.13. The first-order valence-electron chi connectivity index (χ1n) is 8.49. The quantitative estimate of drug-likeness (QED) is 0.526. The lowest BCUT2D eigenvalue weighted by atomic mass is 9.99. The molecule has 0 saturated heterocycles. The number of rotatable bonds is 11. The van der Waals surface area contributed by atoms with Crippen LogP contribution in [0.3, 0.4) is 0 Å². The summed E-state index contributed by atoms with van der Waals surface area (Å²) in [7, 11) is 0. The largest absolute Gasteiger partial charge is 0.466 e. The molecule has 1 unspecified atom stereocenters. The van der Waals surface area contributed by atoms with Gasteiger partial charge in [0.2, 0.25) is 0 Å². The van der Waals surface area contributed by atoms with E-state index in [2.05, 4.69) is 32.2 Å². The Morgan fingerprint density at radius 2 is 1.70 bits per heavy atom. The molecule has 0 spiro atoms. The van der Waals surface area contributed by atoms with Gasteiger partial charge in [-0.3, -0.25) is 0 Å². The third-order valence-electron chi connectivity index (χ3n) is 3.94. The smallest absolute Gasteiger partial charge is 0.105 e. The van der Waals surface area contributed by atoms with Gasteiger partial charge in [-0.05, 0) is 39.3 Å². The molecule has 0 saturated carbocycles. The lowest BCUT2D eigenvalue weighted by Gasteiger charge is -2.18. The zero-order valence-electron chi connectivity index (χ0n) is 13.9. The summed E-state index contributed by atoms with van der Waals surface area (Å²) in [5.41, 5.74) is 1.37. The van der Waals surface area contributed by atoms with Crippen molar-refractivity contribution in [1.82, 2.24) is 5.32 Å². The van der Waals surface area contributed by atoms with Gasteiger partial charge >= 0.3 is 0 Å². The molecule has 1 aromatic heterocycles. The van der Waals surface area contributed by atoms with Gasteiger partial charge in [0, 0.05) is 11.6 Å². The highest BCUT2D eigenvalue weighted by Gasteiger charge is 2.16. The van der Waals surface area contributed by atoms with E-state index in [0.29, 0.717) is 6.04 Å². The lowest BCUT2D eigenvalue weighted by Crippen LogP contribution is -2.22. The fourth-order valence-electron chi connectivity index (χ4n) is 2.81. The van der Waals surface area contributed by atoms with Crippen LogP contribution in [0.15, 0.2) is 10.5 Å². The molecular weight excluding hydrogens is 246 g/mol. The highest BCUT2D eigenvalue weighted by Crippen LogP contribution is 2.26. The van der Waals surface area contributed by atoms with Crippen LogP contribution in [0.25, 0.3) is 0 Å². The van der Waals surface area contributed by atoms with E-state index in [9.17, 15) is 0 Å². The average molecular weight is 279 g/mol. The number of unbranched alkanes of at least 4 members (excludes halogenated alkanes) is 5. The van der Waals surface area contributed by atoms with E-state index < -0.39 is 0 Å². The Hall–Kier alpha value is -0.760. The second kappa shape index (κ2) is 10.0. The summed E-state index contributed by atoms with van der Waals surface area (Å²) in [6.07, 6.45) is 10.6. The second-order valence-corrected chi connectivity index (χ2v) is 5.93. The third-order valence-corrected chi connectivity index (χ3v) is 3.94. The van der Waals surface area contributed by atoms with Crippen molar-refractivity contribution < 1.29 is 4.42 Å². The highest BCUT2D eigenvalue weighted by atomic mass is 16.3. The topological polar surface area (TPSA) is 25.2 Å². The minimum absolute atomic E-state index is 0.471. The molecule has 2 nitrogen and oxygen atoms in total. The highest BCUT2D eigenvalue weighted by molar-refractivity contribution is 5.24. The van der Waals surface area contributed by atoms with E-state index in [0.717, 1.165) is 18.1 Å². The molecule has 0 fully saturated rings. The normalized spacial score (nSPS) is 12.8. The SMILES string of the molecule is CCCCCCCCC(NCCC)c1cc(C)oc1C. The van der Waals surface area contributed by atoms with Gasteiger partial charge in [0.25, 0.3) is 0 Å². The van der Waals surface area contributed by atoms with Crippen LogP contribution >= 0.6 is 0 Å². The van der Waals surface area contributed by atoms with Crippen LogP contribution in [0.5, 0.6) is 0 Å². The van der Waals surface area contributed by atoms with Crippen LogP contribution in [-0.4, -0.2) is 6.54 Å². The van der Waals surface area contributed by atoms with E-state index in [1.54, 1.807) is 0 Å². The van der Waals surface area contributed by atoms with Crippen LogP contribution in [0.1, 0.15) is 88.3 Å². The Balaban J connectivity index is 2.42. The fourth-order valence-corrected chi connectivity index (χ4v) is 2.81. The molecule has 1 rings (SSSR count). The summed E-state index contributed by atoms with van der Waals surface area (Å²) >= 11 is 0. The fraction of sp³-hybridized carbons (Fsp3) is 0.778. The molecule has 20 heavy (non-hydrogen) atoms. The van der Waals surface area contributed by atoms with Crippen molar-refractivity contribution in [2.45, 2.75) is 85.1 Å². The molecule has 0 aliphatic heterocycles. The average Bonchev–Trinajstić information content (AvgIpc) is 2.76. The standard InChI is InChI=1S/C18H33NO/c1-5-7-8-9-10-11-12-18(19-13-6-2)17-14-15(3)20-16(17)4/h14,18-19H,5-13H2,1-4H3. The molecule has 0 bridgehead atoms. The molecule has 116 valence electrons. The van der Waals surface area contributed by atoms with Crippen molar-refractivity contribution in [2.75, 3.05) is 6.54 Å². The minimum Gasteiger partial charge on any atom is -0.466 e. The van der Waals surface area contributed by atoms with Crippen LogP contribution < -0.4 is 5.32 Å². The molecule has 0 aliphatic carbocycles. The maximum Gasteiger partial charge on any atom is 0.105 e. The van der Waals surface area contributed by atoms with Gasteiger partial charge < -0.3 is 9.73 Å². The Labute approximate surface area is 125 Å². The molecule has 0 aromatic carbocycles. The Morgan fingerprint density at radius 3 is 2.30 bits per heavy atom. The zero-order chi connectivity index (χ0) is 14.8. The molecule has 2 heteroatoms. The van der Waals surface area contributed by atoms with Gasteiger partial charge in [-0.15, -0.1) is 0 Å². The summed E-state index contributed by atoms with van der Waals surface area (Å²) in [4.78, 5) is 0. The molecule has 1 heterocycles. The zero-order valence-corrected chi connectivity index (χ0v) is 13.9. The van der Waals surface area contributed by atoms with Gasteiger partial charge in [0.05, 0.1) is 0 Å². The summed E-state index contributed by atoms with van der Waals surface area (Å²) < 4.78 is 5.69. The molecule has 0 amide bonds. The number of aryl methyl sites for hydroxylation is 2. The molecular formula is C18H33NO. The molecule has 1 atom stereocenters. The first kappa shape index (κ1) is 17.3. The minimum atomic E-state index is 0.471. The number of furan rings is 1. The summed E-state index contributed by atoms with van der Waals surface area (Å²) in [6.45, 7) is 9.71. The van der Waals surface area contributed by atoms with Gasteiger partial charge in [-0.2, -0.15) is 0 Å². The van der Waals surface area contributed by atoms with Gasteiger partial charge in [0.15, 0.2) is 0 Å². The molecule has 0 aliphatic rings. The summed E-state index contributed by atoms with van der Waals surface area (Å²) in [5, 5.41) is 3.68. The summed E-state index contributed by atoms with van der Waals surface area (Å²) in [5.74, 6) is 2.12. The maximum absolute atomic E-state index is 5.69. The number of hydrogen-bond acceptors (Lipinski definition) is 2. The van der Waals surface area contributed by atoms with Gasteiger partial charge in [0.1, 0.15) is 11.5 Å². The summed E-state index contributed by atoms with van der Waals surface area (Å²) in [6, 6.07) is 2.68. The molecule has 1 N–H and O–H groups in total. The van der Waals surface area contributed by atoms with Gasteiger partial charge in [-0.25, -0.2) is 0 Å². The monoisotopic (exact) mass is 279 g/mol. The van der Waals surface area contributed by atoms with Crippen molar-refractivity contribution in [3.05, 3.63) is 23.2 Å². The number of hydrogen-bond donors (Lipinski definition) is 1. The van der Waals surface area contributed by atoms with Crippen molar-refractivity contribution in [3.8, 4) is 0 Å². The second-order valence-electron chi connectivity index (χ2n) is 5.93. The van der Waals surface area contributed by atoms with E-state index in [-0.39, 0.29) is 0 Å². The Kier molecular flexibility index (Phi) is 8.68. The van der Waals surface area contributed by atoms with E-state index in [4.69, 9.17) is 4.42 Å². The van der Waals surface area contributed by atoms with Crippen LogP contribution in [0.4, 0.5) is 0 Å². The van der Waals surface area contributed by atoms with Crippen LogP contribution in [0.2, 0.25) is 0 Å². The van der Waals surface area contributed by atoms with E-state index in [1.165, 1.54) is 56.9 Å². The van der Waals surface area contributed by atoms with Crippen LogP contribution in [0, 0.1) is 13.8 Å². The molecule has 0 radical (unpaired) electrons. The van der Waals surface area contributed by atoms with Gasteiger partial charge in [-0.1, -0.05) is 52.4 Å². The van der Waals surface area contributed by atoms with Crippen molar-refractivity contribution in [3.63, 3.8) is 0 Å². The van der Waals surface area contributed by atoms with E-state index >= 15 is 0 Å². The number of nitrogens with one attached hydrogen (secondary N) is 1. The maximum atomic E-state index is 5.69. The Morgan fingerprint density at radius 1 is 1.00 bits per heavy atom. The lowest BCUT2D eigenvalue weighted by molar-refractivity contribution is 0.449. The van der Waals surface area contributed by atoms with Crippen molar-refractivity contribution in [2.24, 2.45) is 0 Å². The van der Waals surface area contributed by atoms with Crippen molar-refractivity contribution >= 4 is 0 Å². The predicted molar refractivity (Wildman–Crippen MR) is 87.2 cm³/mol. The first-order chi connectivity index (χ1) is 9.69. The Bertz CT molecular complexity index is 356.